The first-order chi connectivity index (χ1) is 6.83. The van der Waals surface area contributed by atoms with Gasteiger partial charge in [-0.05, 0) is 55.8 Å². The molecule has 0 aromatic carbocycles. The van der Waals surface area contributed by atoms with Crippen LogP contribution in [-0.2, 0) is 0 Å². The highest BCUT2D eigenvalue weighted by Gasteiger charge is 2.65. The summed E-state index contributed by atoms with van der Waals surface area (Å²) in [7, 11) is 0. The molecule has 76 valence electrons. The van der Waals surface area contributed by atoms with Crippen LogP contribution in [0.2, 0.25) is 0 Å². The van der Waals surface area contributed by atoms with E-state index >= 15 is 0 Å². The summed E-state index contributed by atoms with van der Waals surface area (Å²) >= 11 is 0. The second-order valence-corrected chi connectivity index (χ2v) is 5.36. The van der Waals surface area contributed by atoms with E-state index in [1.165, 1.54) is 19.3 Å². The van der Waals surface area contributed by atoms with E-state index in [1.807, 2.05) is 6.92 Å². The van der Waals surface area contributed by atoms with E-state index in [2.05, 4.69) is 11.8 Å². The minimum absolute atomic E-state index is 0.376. The molecule has 0 aliphatic heterocycles. The molecule has 5 atom stereocenters. The maximum absolute atomic E-state index is 6.21. The van der Waals surface area contributed by atoms with Gasteiger partial charge in [0.05, 0.1) is 0 Å². The minimum atomic E-state index is 0.376. The molecule has 0 spiro atoms. The van der Waals surface area contributed by atoms with E-state index in [-0.39, 0.29) is 0 Å². The van der Waals surface area contributed by atoms with Crippen LogP contribution >= 0.6 is 0 Å². The van der Waals surface area contributed by atoms with Gasteiger partial charge in [0, 0.05) is 12.5 Å². The lowest BCUT2D eigenvalue weighted by Crippen LogP contribution is -2.25. The Labute approximate surface area is 86.4 Å². The summed E-state index contributed by atoms with van der Waals surface area (Å²) in [5.74, 6) is 11.1. The van der Waals surface area contributed by atoms with Gasteiger partial charge < -0.3 is 5.73 Å². The van der Waals surface area contributed by atoms with Crippen molar-refractivity contribution in [3.8, 4) is 11.8 Å². The molecule has 3 aliphatic carbocycles. The van der Waals surface area contributed by atoms with Crippen molar-refractivity contribution in [2.24, 2.45) is 35.3 Å². The van der Waals surface area contributed by atoms with Crippen molar-refractivity contribution in [2.75, 3.05) is 0 Å². The van der Waals surface area contributed by atoms with Crippen LogP contribution < -0.4 is 5.73 Å². The number of fused-ring (bicyclic) bond motifs is 5. The molecular weight excluding hydrogens is 170 g/mol. The average Bonchev–Trinajstić information content (AvgIpc) is 2.64. The first-order valence-corrected chi connectivity index (χ1v) is 5.98. The molecule has 14 heavy (non-hydrogen) atoms. The zero-order chi connectivity index (χ0) is 9.71. The summed E-state index contributed by atoms with van der Waals surface area (Å²) in [5.41, 5.74) is 6.21. The molecule has 0 amide bonds. The average molecular weight is 189 g/mol. The van der Waals surface area contributed by atoms with E-state index in [9.17, 15) is 0 Å². The summed E-state index contributed by atoms with van der Waals surface area (Å²) in [6.07, 6.45) is 5.44. The highest BCUT2D eigenvalue weighted by Crippen LogP contribution is 2.70. The van der Waals surface area contributed by atoms with Crippen LogP contribution in [0, 0.1) is 41.4 Å². The molecule has 0 aromatic heterocycles. The van der Waals surface area contributed by atoms with Gasteiger partial charge in [-0.3, -0.25) is 0 Å². The molecule has 3 fully saturated rings. The third-order valence-electron chi connectivity index (χ3n) is 4.80. The van der Waals surface area contributed by atoms with Gasteiger partial charge in [0.25, 0.3) is 0 Å². The van der Waals surface area contributed by atoms with Gasteiger partial charge >= 0.3 is 0 Å². The molecule has 3 rings (SSSR count). The Bertz CT molecular complexity index is 282. The van der Waals surface area contributed by atoms with Crippen molar-refractivity contribution in [3.63, 3.8) is 0 Å². The lowest BCUT2D eigenvalue weighted by atomic mass is 9.96. The molecule has 5 unspecified atom stereocenters. The predicted octanol–water partition coefficient (Wildman–Crippen LogP) is 2.02. The van der Waals surface area contributed by atoms with Crippen LogP contribution in [0.5, 0.6) is 0 Å². The third kappa shape index (κ3) is 1.07. The zero-order valence-electron chi connectivity index (χ0n) is 8.87. The van der Waals surface area contributed by atoms with Crippen LogP contribution in [0.15, 0.2) is 0 Å². The van der Waals surface area contributed by atoms with Gasteiger partial charge in [-0.25, -0.2) is 0 Å². The second-order valence-electron chi connectivity index (χ2n) is 5.36. The Morgan fingerprint density at radius 1 is 1.29 bits per heavy atom. The number of rotatable bonds is 2. The first kappa shape index (κ1) is 8.80. The molecule has 0 radical (unpaired) electrons. The monoisotopic (exact) mass is 189 g/mol. The van der Waals surface area contributed by atoms with Crippen LogP contribution in [0.4, 0.5) is 0 Å². The molecule has 3 saturated carbocycles. The lowest BCUT2D eigenvalue weighted by molar-refractivity contribution is 0.414. The highest BCUT2D eigenvalue weighted by molar-refractivity contribution is 5.16. The maximum atomic E-state index is 6.21. The number of nitrogens with two attached hydrogens (primary N) is 1. The fourth-order valence-electron chi connectivity index (χ4n) is 4.32. The van der Waals surface area contributed by atoms with Crippen molar-refractivity contribution in [2.45, 2.75) is 38.6 Å². The van der Waals surface area contributed by atoms with E-state index in [4.69, 9.17) is 5.73 Å². The summed E-state index contributed by atoms with van der Waals surface area (Å²) < 4.78 is 0. The van der Waals surface area contributed by atoms with Gasteiger partial charge in [0.15, 0.2) is 0 Å². The van der Waals surface area contributed by atoms with Gasteiger partial charge in [0.2, 0.25) is 0 Å². The normalized spacial score (nSPS) is 49.4. The van der Waals surface area contributed by atoms with E-state index < -0.39 is 0 Å². The molecule has 1 heteroatoms. The van der Waals surface area contributed by atoms with Gasteiger partial charge in [-0.15, -0.1) is 11.8 Å². The second kappa shape index (κ2) is 3.00. The van der Waals surface area contributed by atoms with Crippen molar-refractivity contribution in [1.29, 1.82) is 0 Å². The standard InChI is InChI=1S/C13H19N/c1-2-3-4-10(14)13-11-8-5-6-9(7-8)12(11)13/h8-13H,4-7,14H2,1H3. The summed E-state index contributed by atoms with van der Waals surface area (Å²) in [6, 6.07) is 0.376. The summed E-state index contributed by atoms with van der Waals surface area (Å²) in [5, 5.41) is 0. The van der Waals surface area contributed by atoms with Crippen molar-refractivity contribution >= 4 is 0 Å². The smallest absolute Gasteiger partial charge is 0.0243 e. The molecule has 0 aromatic rings. The number of hydrogen-bond acceptors (Lipinski definition) is 1. The fourth-order valence-corrected chi connectivity index (χ4v) is 4.32. The van der Waals surface area contributed by atoms with E-state index in [0.717, 1.165) is 36.0 Å². The minimum Gasteiger partial charge on any atom is -0.327 e. The summed E-state index contributed by atoms with van der Waals surface area (Å²) in [6.45, 7) is 1.91. The van der Waals surface area contributed by atoms with Gasteiger partial charge in [0.1, 0.15) is 0 Å². The Balaban J connectivity index is 1.64. The fraction of sp³-hybridized carbons (Fsp3) is 0.846. The highest BCUT2D eigenvalue weighted by atomic mass is 14.8. The largest absolute Gasteiger partial charge is 0.327 e. The van der Waals surface area contributed by atoms with E-state index in [1.54, 1.807) is 0 Å². The predicted molar refractivity (Wildman–Crippen MR) is 57.3 cm³/mol. The van der Waals surface area contributed by atoms with Gasteiger partial charge in [-0.2, -0.15) is 0 Å². The van der Waals surface area contributed by atoms with Crippen molar-refractivity contribution in [3.05, 3.63) is 0 Å². The Kier molecular flexibility index (Phi) is 1.89. The van der Waals surface area contributed by atoms with Crippen LogP contribution in [0.3, 0.4) is 0 Å². The molecular formula is C13H19N. The zero-order valence-corrected chi connectivity index (χ0v) is 8.87. The first-order valence-electron chi connectivity index (χ1n) is 5.98. The molecule has 0 saturated heterocycles. The maximum Gasteiger partial charge on any atom is 0.0243 e. The molecule has 3 aliphatic rings. The number of hydrogen-bond donors (Lipinski definition) is 1. The molecule has 2 bridgehead atoms. The van der Waals surface area contributed by atoms with Gasteiger partial charge in [-0.1, -0.05) is 0 Å². The van der Waals surface area contributed by atoms with E-state index in [0.29, 0.717) is 6.04 Å². The SMILES string of the molecule is CC#CCC(N)C1C2C3CCC(C3)C12. The Morgan fingerprint density at radius 2 is 1.93 bits per heavy atom. The van der Waals surface area contributed by atoms with Crippen LogP contribution in [-0.4, -0.2) is 6.04 Å². The van der Waals surface area contributed by atoms with Crippen molar-refractivity contribution < 1.29 is 0 Å². The topological polar surface area (TPSA) is 26.0 Å². The molecule has 0 heterocycles. The van der Waals surface area contributed by atoms with Crippen LogP contribution in [0.25, 0.3) is 0 Å². The Morgan fingerprint density at radius 3 is 2.50 bits per heavy atom. The lowest BCUT2D eigenvalue weighted by Gasteiger charge is -2.13. The molecule has 2 N–H and O–H groups in total. The van der Waals surface area contributed by atoms with Crippen molar-refractivity contribution in [1.82, 2.24) is 0 Å². The summed E-state index contributed by atoms with van der Waals surface area (Å²) in [4.78, 5) is 0. The third-order valence-corrected chi connectivity index (χ3v) is 4.80. The Hall–Kier alpha value is -0.480. The quantitative estimate of drug-likeness (QED) is 0.661. The molecule has 1 nitrogen and oxygen atoms in total. The van der Waals surface area contributed by atoms with Crippen LogP contribution in [0.1, 0.15) is 32.6 Å².